The number of hydrogen-bond donors (Lipinski definition) is 0. The van der Waals surface area contributed by atoms with Crippen molar-refractivity contribution in [3.63, 3.8) is 0 Å². The Morgan fingerprint density at radius 1 is 1.14 bits per heavy atom. The third-order valence-corrected chi connectivity index (χ3v) is 7.41. The highest BCUT2D eigenvalue weighted by molar-refractivity contribution is 8.18. The molecule has 0 saturated carbocycles. The highest BCUT2D eigenvalue weighted by Gasteiger charge is 2.37. The molecular formula is C26H27ClN2O5S. The van der Waals surface area contributed by atoms with E-state index in [0.717, 1.165) is 35.1 Å². The maximum absolute atomic E-state index is 12.9. The van der Waals surface area contributed by atoms with Crippen molar-refractivity contribution in [3.05, 3.63) is 63.5 Å². The standard InChI is InChI=1S/C26H27ClN2O5S/c1-17-9-11-28(12-10-17)24(30)15-29-25(31)23(35-26(29)32)14-18-7-8-21(22(13-18)33-2)34-16-19-5-3-4-6-20(19)27/h3-8,13-14,17H,9-12,15-16H2,1-2H3/b23-14+. The number of amides is 3. The molecule has 2 fully saturated rings. The van der Waals surface area contributed by atoms with Crippen LogP contribution in [-0.4, -0.2) is 53.6 Å². The van der Waals surface area contributed by atoms with Gasteiger partial charge in [0.05, 0.1) is 12.0 Å². The molecule has 3 amide bonds. The normalized spacial score (nSPS) is 17.9. The number of benzene rings is 2. The van der Waals surface area contributed by atoms with Gasteiger partial charge in [0.2, 0.25) is 5.91 Å². The van der Waals surface area contributed by atoms with Gasteiger partial charge in [-0.3, -0.25) is 19.3 Å². The molecule has 35 heavy (non-hydrogen) atoms. The molecule has 0 atom stereocenters. The van der Waals surface area contributed by atoms with Crippen molar-refractivity contribution in [2.45, 2.75) is 26.4 Å². The summed E-state index contributed by atoms with van der Waals surface area (Å²) in [5, 5.41) is 0.179. The number of likely N-dealkylation sites (tertiary alicyclic amines) is 1. The zero-order chi connectivity index (χ0) is 24.9. The first kappa shape index (κ1) is 25.1. The summed E-state index contributed by atoms with van der Waals surface area (Å²) in [6.45, 7) is 3.54. The van der Waals surface area contributed by atoms with Crippen molar-refractivity contribution in [2.75, 3.05) is 26.7 Å². The van der Waals surface area contributed by atoms with Gasteiger partial charge in [0.1, 0.15) is 13.2 Å². The molecule has 2 aliphatic rings. The zero-order valence-corrected chi connectivity index (χ0v) is 21.2. The molecular weight excluding hydrogens is 488 g/mol. The zero-order valence-electron chi connectivity index (χ0n) is 19.7. The lowest BCUT2D eigenvalue weighted by molar-refractivity contribution is -0.136. The van der Waals surface area contributed by atoms with E-state index in [9.17, 15) is 14.4 Å². The molecule has 0 unspecified atom stereocenters. The predicted octanol–water partition coefficient (Wildman–Crippen LogP) is 5.22. The van der Waals surface area contributed by atoms with Gasteiger partial charge in [-0.2, -0.15) is 0 Å². The average molecular weight is 515 g/mol. The summed E-state index contributed by atoms with van der Waals surface area (Å²) >= 11 is 7.03. The molecule has 0 aromatic heterocycles. The van der Waals surface area contributed by atoms with Crippen molar-refractivity contribution in [3.8, 4) is 11.5 Å². The van der Waals surface area contributed by atoms with E-state index in [2.05, 4.69) is 6.92 Å². The molecule has 0 N–H and O–H groups in total. The van der Waals surface area contributed by atoms with Crippen LogP contribution < -0.4 is 9.47 Å². The topological polar surface area (TPSA) is 76.2 Å². The quantitative estimate of drug-likeness (QED) is 0.471. The number of ether oxygens (including phenoxy) is 2. The van der Waals surface area contributed by atoms with Crippen molar-refractivity contribution in [2.24, 2.45) is 5.92 Å². The monoisotopic (exact) mass is 514 g/mol. The number of carbonyl (C=O) groups is 3. The lowest BCUT2D eigenvalue weighted by Gasteiger charge is -2.31. The van der Waals surface area contributed by atoms with E-state index >= 15 is 0 Å². The molecule has 9 heteroatoms. The molecule has 0 aliphatic carbocycles. The van der Waals surface area contributed by atoms with E-state index in [1.807, 2.05) is 18.2 Å². The number of carbonyl (C=O) groups excluding carboxylic acids is 3. The SMILES string of the molecule is COc1cc(/C=C2/SC(=O)N(CC(=O)N3CCC(C)CC3)C2=O)ccc1OCc1ccccc1Cl. The fourth-order valence-electron chi connectivity index (χ4n) is 3.95. The Hall–Kier alpha value is -2.97. The lowest BCUT2D eigenvalue weighted by Crippen LogP contribution is -2.45. The van der Waals surface area contributed by atoms with E-state index in [0.29, 0.717) is 41.1 Å². The van der Waals surface area contributed by atoms with Crippen molar-refractivity contribution in [1.29, 1.82) is 0 Å². The highest BCUT2D eigenvalue weighted by Crippen LogP contribution is 2.35. The van der Waals surface area contributed by atoms with E-state index in [4.69, 9.17) is 21.1 Å². The van der Waals surface area contributed by atoms with Gasteiger partial charge >= 0.3 is 0 Å². The van der Waals surface area contributed by atoms with Crippen molar-refractivity contribution >= 4 is 46.5 Å². The highest BCUT2D eigenvalue weighted by atomic mass is 35.5. The number of imide groups is 1. The number of piperidine rings is 1. The molecule has 2 aromatic rings. The van der Waals surface area contributed by atoms with Crippen LogP contribution in [0.25, 0.3) is 6.08 Å². The minimum Gasteiger partial charge on any atom is -0.493 e. The first-order valence-corrected chi connectivity index (χ1v) is 12.6. The third-order valence-electron chi connectivity index (χ3n) is 6.13. The van der Waals surface area contributed by atoms with Gasteiger partial charge in [-0.1, -0.05) is 42.8 Å². The molecule has 4 rings (SSSR count). The Labute approximate surface area is 214 Å². The second-order valence-corrected chi connectivity index (χ2v) is 10.0. The van der Waals surface area contributed by atoms with Crippen molar-refractivity contribution < 1.29 is 23.9 Å². The Morgan fingerprint density at radius 2 is 1.89 bits per heavy atom. The van der Waals surface area contributed by atoms with Gasteiger partial charge in [0.15, 0.2) is 11.5 Å². The number of halogens is 1. The lowest BCUT2D eigenvalue weighted by atomic mass is 9.99. The first-order valence-electron chi connectivity index (χ1n) is 11.4. The molecule has 0 radical (unpaired) electrons. The van der Waals surface area contributed by atoms with Crippen molar-refractivity contribution in [1.82, 2.24) is 9.80 Å². The smallest absolute Gasteiger partial charge is 0.294 e. The second kappa shape index (κ2) is 11.2. The number of rotatable bonds is 7. The molecule has 2 heterocycles. The van der Waals surface area contributed by atoms with Gasteiger partial charge in [-0.05, 0) is 60.4 Å². The summed E-state index contributed by atoms with van der Waals surface area (Å²) in [4.78, 5) is 41.0. The number of thioether (sulfide) groups is 1. The molecule has 2 saturated heterocycles. The van der Waals surface area contributed by atoms with Crippen LogP contribution in [0.3, 0.4) is 0 Å². The van der Waals surface area contributed by atoms with E-state index < -0.39 is 11.1 Å². The molecule has 2 aliphatic heterocycles. The number of nitrogens with zero attached hydrogens (tertiary/aromatic N) is 2. The minimum atomic E-state index is -0.461. The summed E-state index contributed by atoms with van der Waals surface area (Å²) < 4.78 is 11.3. The van der Waals surface area contributed by atoms with Gasteiger partial charge in [-0.25, -0.2) is 0 Å². The number of hydrogen-bond acceptors (Lipinski definition) is 6. The summed E-state index contributed by atoms with van der Waals surface area (Å²) in [7, 11) is 1.53. The third kappa shape index (κ3) is 6.00. The Bertz CT molecular complexity index is 1160. The van der Waals surface area contributed by atoms with Gasteiger partial charge in [0.25, 0.3) is 11.1 Å². The van der Waals surface area contributed by atoms with Gasteiger partial charge in [0, 0.05) is 23.7 Å². The predicted molar refractivity (Wildman–Crippen MR) is 136 cm³/mol. The Morgan fingerprint density at radius 3 is 2.60 bits per heavy atom. The van der Waals surface area contributed by atoms with E-state index in [1.54, 1.807) is 35.2 Å². The second-order valence-electron chi connectivity index (χ2n) is 8.62. The fraction of sp³-hybridized carbons (Fsp3) is 0.346. The van der Waals surface area contributed by atoms with Crippen LogP contribution >= 0.6 is 23.4 Å². The Kier molecular flexibility index (Phi) is 8.03. The minimum absolute atomic E-state index is 0.192. The van der Waals surface area contributed by atoms with E-state index in [1.165, 1.54) is 7.11 Å². The summed E-state index contributed by atoms with van der Waals surface area (Å²) in [6.07, 6.45) is 3.50. The van der Waals surface area contributed by atoms with Crippen LogP contribution in [0, 0.1) is 5.92 Å². The molecule has 0 bridgehead atoms. The molecule has 184 valence electrons. The van der Waals surface area contributed by atoms with Crippen LogP contribution in [0.4, 0.5) is 4.79 Å². The van der Waals surface area contributed by atoms with Crippen LogP contribution in [0.15, 0.2) is 47.4 Å². The number of methoxy groups -OCH3 is 1. The fourth-order valence-corrected chi connectivity index (χ4v) is 4.97. The maximum atomic E-state index is 12.9. The first-order chi connectivity index (χ1) is 16.9. The molecule has 7 nitrogen and oxygen atoms in total. The van der Waals surface area contributed by atoms with Gasteiger partial charge < -0.3 is 14.4 Å². The van der Waals surface area contributed by atoms with Crippen LogP contribution in [-0.2, 0) is 16.2 Å². The maximum Gasteiger partial charge on any atom is 0.294 e. The van der Waals surface area contributed by atoms with Crippen LogP contribution in [0.2, 0.25) is 5.02 Å². The summed E-state index contributed by atoms with van der Waals surface area (Å²) in [5.74, 6) is 0.946. The van der Waals surface area contributed by atoms with Gasteiger partial charge in [-0.15, -0.1) is 0 Å². The Balaban J connectivity index is 1.43. The summed E-state index contributed by atoms with van der Waals surface area (Å²) in [5.41, 5.74) is 1.52. The molecule has 0 spiro atoms. The largest absolute Gasteiger partial charge is 0.493 e. The molecule has 2 aromatic carbocycles. The van der Waals surface area contributed by atoms with Crippen LogP contribution in [0.1, 0.15) is 30.9 Å². The summed E-state index contributed by atoms with van der Waals surface area (Å²) in [6, 6.07) is 12.7. The van der Waals surface area contributed by atoms with E-state index in [-0.39, 0.29) is 24.0 Å². The van der Waals surface area contributed by atoms with Crippen LogP contribution in [0.5, 0.6) is 11.5 Å². The average Bonchev–Trinajstić information content (AvgIpc) is 3.11.